The maximum absolute atomic E-state index is 13.0. The number of ether oxygens (including phenoxy) is 1. The van der Waals surface area contributed by atoms with Gasteiger partial charge in [0.25, 0.3) is 0 Å². The van der Waals surface area contributed by atoms with E-state index in [1.807, 2.05) is 0 Å². The average molecular weight is 259 g/mol. The third-order valence-corrected chi connectivity index (χ3v) is 2.71. The molecule has 2 aromatic heterocycles. The third kappa shape index (κ3) is 1.75. The van der Waals surface area contributed by atoms with Crippen LogP contribution in [0.5, 0.6) is 5.88 Å². The SMILES string of the molecule is COc1ncnc2c1nc(N)n2-c1ccc(F)cc1. The first-order valence-electron chi connectivity index (χ1n) is 5.49. The number of halogens is 1. The highest BCUT2D eigenvalue weighted by atomic mass is 19.1. The lowest BCUT2D eigenvalue weighted by molar-refractivity contribution is 0.401. The zero-order valence-corrected chi connectivity index (χ0v) is 10.0. The Morgan fingerprint density at radius 3 is 2.63 bits per heavy atom. The Balaban J connectivity index is 2.29. The van der Waals surface area contributed by atoms with Crippen molar-refractivity contribution in [3.8, 4) is 11.6 Å². The zero-order chi connectivity index (χ0) is 13.4. The number of nitrogens with two attached hydrogens (primary N) is 1. The van der Waals surface area contributed by atoms with Gasteiger partial charge in [-0.2, -0.15) is 4.98 Å². The number of nitrogen functional groups attached to an aromatic ring is 1. The van der Waals surface area contributed by atoms with Crippen LogP contribution in [0.3, 0.4) is 0 Å². The van der Waals surface area contributed by atoms with Crippen molar-refractivity contribution in [1.29, 1.82) is 0 Å². The molecule has 0 bridgehead atoms. The summed E-state index contributed by atoms with van der Waals surface area (Å²) >= 11 is 0. The summed E-state index contributed by atoms with van der Waals surface area (Å²) in [6.07, 6.45) is 1.36. The lowest BCUT2D eigenvalue weighted by atomic mass is 10.3. The van der Waals surface area contributed by atoms with Crippen LogP contribution >= 0.6 is 0 Å². The number of nitrogens with zero attached hydrogens (tertiary/aromatic N) is 4. The van der Waals surface area contributed by atoms with E-state index in [4.69, 9.17) is 10.5 Å². The highest BCUT2D eigenvalue weighted by molar-refractivity contribution is 5.81. The number of hydrogen-bond donors (Lipinski definition) is 1. The van der Waals surface area contributed by atoms with Gasteiger partial charge in [0.1, 0.15) is 12.1 Å². The molecule has 0 radical (unpaired) electrons. The van der Waals surface area contributed by atoms with Crippen molar-refractivity contribution in [3.63, 3.8) is 0 Å². The van der Waals surface area contributed by atoms with Crippen molar-refractivity contribution in [2.45, 2.75) is 0 Å². The second kappa shape index (κ2) is 4.20. The van der Waals surface area contributed by atoms with Crippen molar-refractivity contribution in [1.82, 2.24) is 19.5 Å². The Morgan fingerprint density at radius 1 is 1.21 bits per heavy atom. The van der Waals surface area contributed by atoms with Crippen LogP contribution in [0.1, 0.15) is 0 Å². The maximum Gasteiger partial charge on any atom is 0.245 e. The molecule has 0 aliphatic carbocycles. The van der Waals surface area contributed by atoms with Crippen LogP contribution in [0.4, 0.5) is 10.3 Å². The van der Waals surface area contributed by atoms with Gasteiger partial charge in [-0.25, -0.2) is 14.4 Å². The summed E-state index contributed by atoms with van der Waals surface area (Å²) in [7, 11) is 1.49. The summed E-state index contributed by atoms with van der Waals surface area (Å²) in [5.74, 6) is 0.261. The minimum absolute atomic E-state index is 0.236. The third-order valence-electron chi connectivity index (χ3n) is 2.71. The van der Waals surface area contributed by atoms with E-state index in [0.29, 0.717) is 22.7 Å². The summed E-state index contributed by atoms with van der Waals surface area (Å²) in [4.78, 5) is 12.3. The smallest absolute Gasteiger partial charge is 0.245 e. The fraction of sp³-hybridized carbons (Fsp3) is 0.0833. The number of benzene rings is 1. The summed E-state index contributed by atoms with van der Waals surface area (Å²) in [5.41, 5.74) is 7.53. The molecule has 0 amide bonds. The van der Waals surface area contributed by atoms with E-state index >= 15 is 0 Å². The van der Waals surface area contributed by atoms with Crippen molar-refractivity contribution < 1.29 is 9.13 Å². The van der Waals surface area contributed by atoms with Crippen LogP contribution in [0.15, 0.2) is 30.6 Å². The monoisotopic (exact) mass is 259 g/mol. The molecule has 0 atom stereocenters. The molecule has 1 aromatic carbocycles. The van der Waals surface area contributed by atoms with Gasteiger partial charge in [-0.05, 0) is 24.3 Å². The predicted octanol–water partition coefficient (Wildman–Crippen LogP) is 1.55. The first-order valence-corrected chi connectivity index (χ1v) is 5.49. The fourth-order valence-corrected chi connectivity index (χ4v) is 1.88. The second-order valence-corrected chi connectivity index (χ2v) is 3.84. The van der Waals surface area contributed by atoms with Gasteiger partial charge in [-0.1, -0.05) is 0 Å². The summed E-state index contributed by atoms with van der Waals surface area (Å²) < 4.78 is 19.7. The Morgan fingerprint density at radius 2 is 1.95 bits per heavy atom. The van der Waals surface area contributed by atoms with Gasteiger partial charge in [0.15, 0.2) is 11.2 Å². The highest BCUT2D eigenvalue weighted by Crippen LogP contribution is 2.26. The van der Waals surface area contributed by atoms with E-state index in [9.17, 15) is 4.39 Å². The van der Waals surface area contributed by atoms with E-state index in [1.54, 1.807) is 16.7 Å². The zero-order valence-electron chi connectivity index (χ0n) is 10.0. The molecule has 0 saturated heterocycles. The molecule has 3 rings (SSSR count). The van der Waals surface area contributed by atoms with Crippen molar-refractivity contribution in [2.24, 2.45) is 0 Å². The number of fused-ring (bicyclic) bond motifs is 1. The van der Waals surface area contributed by atoms with Crippen LogP contribution in [-0.4, -0.2) is 26.6 Å². The summed E-state index contributed by atoms with van der Waals surface area (Å²) in [6.45, 7) is 0. The summed E-state index contributed by atoms with van der Waals surface area (Å²) in [5, 5.41) is 0. The molecule has 0 aliphatic rings. The van der Waals surface area contributed by atoms with Gasteiger partial charge >= 0.3 is 0 Å². The Kier molecular flexibility index (Phi) is 2.52. The van der Waals surface area contributed by atoms with Crippen LogP contribution < -0.4 is 10.5 Å². The molecule has 0 aliphatic heterocycles. The molecule has 96 valence electrons. The Hall–Kier alpha value is -2.70. The molecule has 0 spiro atoms. The molecule has 0 unspecified atom stereocenters. The van der Waals surface area contributed by atoms with Gasteiger partial charge in [0, 0.05) is 0 Å². The van der Waals surface area contributed by atoms with Crippen LogP contribution in [0.25, 0.3) is 16.9 Å². The topological polar surface area (TPSA) is 78.8 Å². The van der Waals surface area contributed by atoms with Crippen LogP contribution in [0, 0.1) is 5.82 Å². The Bertz CT molecular complexity index is 738. The number of hydrogen-bond acceptors (Lipinski definition) is 5. The summed E-state index contributed by atoms with van der Waals surface area (Å²) in [6, 6.07) is 5.89. The highest BCUT2D eigenvalue weighted by Gasteiger charge is 2.15. The van der Waals surface area contributed by atoms with Gasteiger partial charge in [-0.15, -0.1) is 0 Å². The largest absolute Gasteiger partial charge is 0.479 e. The molecule has 19 heavy (non-hydrogen) atoms. The van der Waals surface area contributed by atoms with Crippen LogP contribution in [0.2, 0.25) is 0 Å². The maximum atomic E-state index is 13.0. The number of methoxy groups -OCH3 is 1. The van der Waals surface area contributed by atoms with Gasteiger partial charge in [-0.3, -0.25) is 4.57 Å². The Labute approximate surface area is 107 Å². The minimum Gasteiger partial charge on any atom is -0.479 e. The molecule has 2 N–H and O–H groups in total. The van der Waals surface area contributed by atoms with E-state index in [2.05, 4.69) is 15.0 Å². The van der Waals surface area contributed by atoms with Gasteiger partial charge < -0.3 is 10.5 Å². The van der Waals surface area contributed by atoms with E-state index < -0.39 is 0 Å². The molecular formula is C12H10FN5O. The first kappa shape index (κ1) is 11.4. The lowest BCUT2D eigenvalue weighted by Crippen LogP contribution is -2.01. The first-order chi connectivity index (χ1) is 9.20. The molecular weight excluding hydrogens is 249 g/mol. The fourth-order valence-electron chi connectivity index (χ4n) is 1.88. The molecule has 0 saturated carbocycles. The molecule has 7 heteroatoms. The number of aromatic nitrogens is 4. The van der Waals surface area contributed by atoms with Gasteiger partial charge in [0.05, 0.1) is 12.8 Å². The molecule has 2 heterocycles. The standard InChI is InChI=1S/C12H10FN5O/c1-19-11-9-10(15-6-16-11)18(12(14)17-9)8-4-2-7(13)3-5-8/h2-6H,1H3,(H2,14,17). The van der Waals surface area contributed by atoms with Crippen molar-refractivity contribution in [2.75, 3.05) is 12.8 Å². The molecule has 6 nitrogen and oxygen atoms in total. The number of rotatable bonds is 2. The van der Waals surface area contributed by atoms with Crippen LogP contribution in [-0.2, 0) is 0 Å². The van der Waals surface area contributed by atoms with Gasteiger partial charge in [0.2, 0.25) is 11.8 Å². The minimum atomic E-state index is -0.320. The predicted molar refractivity (Wildman–Crippen MR) is 67.6 cm³/mol. The van der Waals surface area contributed by atoms with Crippen molar-refractivity contribution >= 4 is 17.1 Å². The number of imidazole rings is 1. The lowest BCUT2D eigenvalue weighted by Gasteiger charge is -2.05. The van der Waals surface area contributed by atoms with E-state index in [0.717, 1.165) is 0 Å². The average Bonchev–Trinajstić information content (AvgIpc) is 2.76. The van der Waals surface area contributed by atoms with E-state index in [-0.39, 0.29) is 11.8 Å². The molecule has 0 fully saturated rings. The van der Waals surface area contributed by atoms with Crippen molar-refractivity contribution in [3.05, 3.63) is 36.4 Å². The molecule has 3 aromatic rings. The quantitative estimate of drug-likeness (QED) is 0.755. The normalized spacial score (nSPS) is 10.8. The van der Waals surface area contributed by atoms with E-state index in [1.165, 1.54) is 25.6 Å². The second-order valence-electron chi connectivity index (χ2n) is 3.84. The number of anilines is 1.